The first-order valence-corrected chi connectivity index (χ1v) is 7.39. The minimum absolute atomic E-state index is 0.0944. The lowest BCUT2D eigenvalue weighted by atomic mass is 10.1. The molecule has 0 aliphatic heterocycles. The van der Waals surface area contributed by atoms with E-state index in [1.165, 1.54) is 5.56 Å². The van der Waals surface area contributed by atoms with Gasteiger partial charge in [-0.3, -0.25) is 15.1 Å². The average Bonchev–Trinajstić information content (AvgIpc) is 3.04. The van der Waals surface area contributed by atoms with Crippen molar-refractivity contribution in [2.24, 2.45) is 0 Å². The second-order valence-corrected chi connectivity index (χ2v) is 5.29. The number of aryl methyl sites for hydroxylation is 2. The zero-order chi connectivity index (χ0) is 16.1. The Bertz CT molecular complexity index is 780. The summed E-state index contributed by atoms with van der Waals surface area (Å²) in [5.74, 6) is 0.856. The number of carbonyl (C=O) groups is 1. The van der Waals surface area contributed by atoms with Crippen LogP contribution in [-0.2, 0) is 11.2 Å². The number of aromatic amines is 1. The van der Waals surface area contributed by atoms with Gasteiger partial charge in [-0.2, -0.15) is 0 Å². The monoisotopic (exact) mass is 307 g/mol. The van der Waals surface area contributed by atoms with Crippen LogP contribution in [0.2, 0.25) is 0 Å². The molecular weight excluding hydrogens is 290 g/mol. The Morgan fingerprint density at radius 1 is 1.09 bits per heavy atom. The molecule has 3 aromatic rings. The summed E-state index contributed by atoms with van der Waals surface area (Å²) < 4.78 is 0. The number of rotatable bonds is 5. The van der Waals surface area contributed by atoms with E-state index in [0.717, 1.165) is 11.1 Å². The van der Waals surface area contributed by atoms with Crippen molar-refractivity contribution in [3.8, 4) is 11.4 Å². The largest absolute Gasteiger partial charge is 0.307 e. The Morgan fingerprint density at radius 2 is 1.83 bits per heavy atom. The number of hydrogen-bond donors (Lipinski definition) is 2. The van der Waals surface area contributed by atoms with Gasteiger partial charge in [0.1, 0.15) is 0 Å². The van der Waals surface area contributed by atoms with Crippen molar-refractivity contribution in [2.75, 3.05) is 5.32 Å². The lowest BCUT2D eigenvalue weighted by Crippen LogP contribution is -2.13. The molecular formula is C17H17N5O. The van der Waals surface area contributed by atoms with Gasteiger partial charge >= 0.3 is 0 Å². The number of pyridine rings is 1. The zero-order valence-electron chi connectivity index (χ0n) is 12.8. The van der Waals surface area contributed by atoms with Gasteiger partial charge in [0.15, 0.2) is 5.82 Å². The molecule has 1 aromatic carbocycles. The zero-order valence-corrected chi connectivity index (χ0v) is 12.8. The molecule has 1 amide bonds. The van der Waals surface area contributed by atoms with E-state index >= 15 is 0 Å². The first-order chi connectivity index (χ1) is 11.2. The minimum Gasteiger partial charge on any atom is -0.307 e. The summed E-state index contributed by atoms with van der Waals surface area (Å²) in [4.78, 5) is 18.9. The summed E-state index contributed by atoms with van der Waals surface area (Å²) in [5.41, 5.74) is 3.22. The fourth-order valence-electron chi connectivity index (χ4n) is 2.17. The predicted molar refractivity (Wildman–Crippen MR) is 87.7 cm³/mol. The van der Waals surface area contributed by atoms with Gasteiger partial charge in [-0.1, -0.05) is 29.8 Å². The van der Waals surface area contributed by atoms with E-state index in [9.17, 15) is 4.79 Å². The van der Waals surface area contributed by atoms with E-state index in [1.807, 2.05) is 43.3 Å². The second-order valence-electron chi connectivity index (χ2n) is 5.29. The van der Waals surface area contributed by atoms with Gasteiger partial charge in [-0.25, -0.2) is 0 Å². The number of H-pyrrole nitrogens is 1. The summed E-state index contributed by atoms with van der Waals surface area (Å²) in [6.45, 7) is 2.04. The summed E-state index contributed by atoms with van der Waals surface area (Å²) in [5, 5.41) is 10.7. The van der Waals surface area contributed by atoms with Gasteiger partial charge < -0.3 is 4.98 Å². The van der Waals surface area contributed by atoms with Crippen LogP contribution in [0.5, 0.6) is 0 Å². The fourth-order valence-corrected chi connectivity index (χ4v) is 2.17. The molecule has 0 unspecified atom stereocenters. The number of nitrogens with one attached hydrogen (secondary N) is 2. The van der Waals surface area contributed by atoms with E-state index in [0.29, 0.717) is 24.6 Å². The van der Waals surface area contributed by atoms with Crippen LogP contribution >= 0.6 is 0 Å². The first kappa shape index (κ1) is 14.9. The summed E-state index contributed by atoms with van der Waals surface area (Å²) in [6, 6.07) is 11.8. The van der Waals surface area contributed by atoms with E-state index in [1.54, 1.807) is 12.4 Å². The van der Waals surface area contributed by atoms with Gasteiger partial charge in [-0.05, 0) is 31.0 Å². The van der Waals surface area contributed by atoms with Crippen LogP contribution in [-0.4, -0.2) is 26.1 Å². The van der Waals surface area contributed by atoms with Crippen molar-refractivity contribution in [2.45, 2.75) is 19.8 Å². The molecule has 0 spiro atoms. The molecule has 6 nitrogen and oxygen atoms in total. The standard InChI is InChI=1S/C17H17N5O/c1-12-2-4-13(5-3-12)6-7-15(23)19-17-20-16(21-22-17)14-8-10-18-11-9-14/h2-5,8-11H,6-7H2,1H3,(H2,19,20,21,22,23). The van der Waals surface area contributed by atoms with Crippen molar-refractivity contribution >= 4 is 11.9 Å². The van der Waals surface area contributed by atoms with Gasteiger partial charge in [-0.15, -0.1) is 10.2 Å². The highest BCUT2D eigenvalue weighted by Gasteiger charge is 2.08. The number of amides is 1. The van der Waals surface area contributed by atoms with Crippen LogP contribution in [0.4, 0.5) is 5.95 Å². The molecule has 2 N–H and O–H groups in total. The molecule has 0 atom stereocenters. The smallest absolute Gasteiger partial charge is 0.228 e. The molecule has 0 fully saturated rings. The van der Waals surface area contributed by atoms with Crippen LogP contribution in [0.3, 0.4) is 0 Å². The van der Waals surface area contributed by atoms with Gasteiger partial charge in [0.2, 0.25) is 11.9 Å². The molecule has 3 rings (SSSR count). The quantitative estimate of drug-likeness (QED) is 0.759. The Balaban J connectivity index is 1.56. The molecule has 0 radical (unpaired) electrons. The van der Waals surface area contributed by atoms with Crippen LogP contribution in [0.15, 0.2) is 48.8 Å². The topological polar surface area (TPSA) is 83.6 Å². The summed E-state index contributed by atoms with van der Waals surface area (Å²) in [7, 11) is 0. The van der Waals surface area contributed by atoms with Crippen molar-refractivity contribution in [1.82, 2.24) is 20.2 Å². The maximum absolute atomic E-state index is 12.0. The minimum atomic E-state index is -0.0944. The van der Waals surface area contributed by atoms with Crippen LogP contribution in [0.1, 0.15) is 17.5 Å². The summed E-state index contributed by atoms with van der Waals surface area (Å²) in [6.07, 6.45) is 4.45. The van der Waals surface area contributed by atoms with Gasteiger partial charge in [0, 0.05) is 24.4 Å². The van der Waals surface area contributed by atoms with Gasteiger partial charge in [0.05, 0.1) is 0 Å². The lowest BCUT2D eigenvalue weighted by Gasteiger charge is -2.02. The van der Waals surface area contributed by atoms with E-state index in [-0.39, 0.29) is 5.91 Å². The number of benzene rings is 1. The Hall–Kier alpha value is -3.02. The third-order valence-corrected chi connectivity index (χ3v) is 3.46. The highest BCUT2D eigenvalue weighted by Crippen LogP contribution is 2.14. The Labute approximate surface area is 134 Å². The highest BCUT2D eigenvalue weighted by molar-refractivity contribution is 5.89. The SMILES string of the molecule is Cc1ccc(CCC(=O)Nc2nnc(-c3ccncc3)[nH]2)cc1. The number of anilines is 1. The van der Waals surface area contributed by atoms with Crippen LogP contribution in [0.25, 0.3) is 11.4 Å². The molecule has 0 saturated heterocycles. The number of nitrogens with zero attached hydrogens (tertiary/aromatic N) is 3. The number of carbonyl (C=O) groups excluding carboxylic acids is 1. The molecule has 0 saturated carbocycles. The van der Waals surface area contributed by atoms with Crippen molar-refractivity contribution in [3.05, 3.63) is 59.9 Å². The molecule has 0 aliphatic rings. The predicted octanol–water partition coefficient (Wildman–Crippen LogP) is 2.75. The molecule has 116 valence electrons. The highest BCUT2D eigenvalue weighted by atomic mass is 16.1. The lowest BCUT2D eigenvalue weighted by molar-refractivity contribution is -0.116. The first-order valence-electron chi connectivity index (χ1n) is 7.39. The summed E-state index contributed by atoms with van der Waals surface area (Å²) >= 11 is 0. The van der Waals surface area contributed by atoms with Crippen LogP contribution < -0.4 is 5.32 Å². The van der Waals surface area contributed by atoms with Crippen molar-refractivity contribution in [1.29, 1.82) is 0 Å². The van der Waals surface area contributed by atoms with Gasteiger partial charge in [0.25, 0.3) is 0 Å². The third-order valence-electron chi connectivity index (χ3n) is 3.46. The third kappa shape index (κ3) is 4.00. The van der Waals surface area contributed by atoms with Crippen molar-refractivity contribution < 1.29 is 4.79 Å². The second kappa shape index (κ2) is 6.83. The maximum atomic E-state index is 12.0. The van der Waals surface area contributed by atoms with Crippen LogP contribution in [0, 0.1) is 6.92 Å². The molecule has 6 heteroatoms. The van der Waals surface area contributed by atoms with E-state index in [4.69, 9.17) is 0 Å². The number of aromatic nitrogens is 4. The molecule has 0 bridgehead atoms. The Kier molecular flexibility index (Phi) is 4.42. The molecule has 0 aliphatic carbocycles. The Morgan fingerprint density at radius 3 is 2.57 bits per heavy atom. The van der Waals surface area contributed by atoms with E-state index < -0.39 is 0 Å². The fraction of sp³-hybridized carbons (Fsp3) is 0.176. The molecule has 23 heavy (non-hydrogen) atoms. The molecule has 2 aromatic heterocycles. The van der Waals surface area contributed by atoms with Crippen molar-refractivity contribution in [3.63, 3.8) is 0 Å². The van der Waals surface area contributed by atoms with E-state index in [2.05, 4.69) is 25.5 Å². The number of hydrogen-bond acceptors (Lipinski definition) is 4. The average molecular weight is 307 g/mol. The maximum Gasteiger partial charge on any atom is 0.228 e. The normalized spacial score (nSPS) is 10.5. The molecule has 2 heterocycles.